The molecule has 0 atom stereocenters. The van der Waals surface area contributed by atoms with Gasteiger partial charge in [-0.05, 0) is 54.6 Å². The van der Waals surface area contributed by atoms with Crippen LogP contribution in [0.5, 0.6) is 17.2 Å². The third-order valence-electron chi connectivity index (χ3n) is 6.31. The fourth-order valence-corrected chi connectivity index (χ4v) is 5.49. The van der Waals surface area contributed by atoms with Crippen molar-refractivity contribution < 1.29 is 23.8 Å². The van der Waals surface area contributed by atoms with Crippen molar-refractivity contribution in [2.45, 2.75) is 0 Å². The number of ether oxygens (including phenoxy) is 3. The Bertz CT molecular complexity index is 1850. The van der Waals surface area contributed by atoms with Crippen LogP contribution in [0.1, 0.15) is 26.4 Å². The molecule has 11 heteroatoms. The summed E-state index contributed by atoms with van der Waals surface area (Å²) >= 11 is 13.6. The molecular weight excluding hydrogens is 690 g/mol. The van der Waals surface area contributed by atoms with Crippen molar-refractivity contribution in [2.24, 2.45) is 5.10 Å². The molecule has 8 nitrogen and oxygen atoms in total. The van der Waals surface area contributed by atoms with Gasteiger partial charge in [-0.1, -0.05) is 67.7 Å². The van der Waals surface area contributed by atoms with Crippen LogP contribution in [0.25, 0.3) is 22.0 Å². The van der Waals surface area contributed by atoms with Crippen LogP contribution in [0.15, 0.2) is 92.9 Å². The first kappa shape index (κ1) is 29.4. The van der Waals surface area contributed by atoms with Crippen LogP contribution < -0.4 is 19.6 Å². The number of benzene rings is 4. The van der Waals surface area contributed by atoms with Gasteiger partial charge in [0.15, 0.2) is 0 Å². The molecule has 0 spiro atoms. The molecule has 5 aromatic rings. The van der Waals surface area contributed by atoms with E-state index in [1.165, 1.54) is 13.3 Å². The predicted octanol–water partition coefficient (Wildman–Crippen LogP) is 8.01. The minimum absolute atomic E-state index is 0.236. The molecule has 212 valence electrons. The number of amides is 1. The van der Waals surface area contributed by atoms with Gasteiger partial charge in [0.05, 0.1) is 31.5 Å². The molecule has 1 aromatic heterocycles. The Morgan fingerprint density at radius 1 is 0.929 bits per heavy atom. The molecule has 0 radical (unpaired) electrons. The lowest BCUT2D eigenvalue weighted by Crippen LogP contribution is -2.19. The molecule has 0 saturated heterocycles. The number of hydrogen-bond acceptors (Lipinski definition) is 6. The molecule has 0 bridgehead atoms. The van der Waals surface area contributed by atoms with Crippen molar-refractivity contribution in [3.05, 3.63) is 110 Å². The van der Waals surface area contributed by atoms with Crippen LogP contribution in [0.3, 0.4) is 0 Å². The van der Waals surface area contributed by atoms with Gasteiger partial charge in [-0.2, -0.15) is 5.10 Å². The number of fused-ring (bicyclic) bond motifs is 1. The average Bonchev–Trinajstić information content (AvgIpc) is 3.40. The van der Waals surface area contributed by atoms with Crippen molar-refractivity contribution in [3.63, 3.8) is 0 Å². The SMILES string of the molecule is COc1cccc(C(=O)Oc2ccc(Br)cc2C=NNC(=O)c2[nH]c3c(OC)ccc(Br)c3c2-c2ccccc2Cl)c1. The molecule has 4 aromatic carbocycles. The van der Waals surface area contributed by atoms with Gasteiger partial charge in [0.25, 0.3) is 5.91 Å². The molecular formula is C31H22Br2ClN3O5. The number of nitrogens with one attached hydrogen (secondary N) is 2. The smallest absolute Gasteiger partial charge is 0.343 e. The number of aromatic amines is 1. The largest absolute Gasteiger partial charge is 0.497 e. The van der Waals surface area contributed by atoms with E-state index in [1.54, 1.807) is 61.7 Å². The van der Waals surface area contributed by atoms with E-state index in [4.69, 9.17) is 25.8 Å². The zero-order valence-electron chi connectivity index (χ0n) is 22.2. The Balaban J connectivity index is 1.46. The number of hydrazone groups is 1. The standard InChI is InChI=1S/C31H22Br2ClN3O5/c1-40-20-7-5-6-17(15-20)31(39)42-24-12-10-19(32)14-18(24)16-35-37-30(38)29-26(21-8-3-4-9-23(21)34)27-22(33)11-13-25(41-2)28(27)36-29/h3-16,36H,1-2H3,(H,37,38). The summed E-state index contributed by atoms with van der Waals surface area (Å²) in [4.78, 5) is 29.5. The Hall–Kier alpha value is -4.12. The molecule has 5 rings (SSSR count). The van der Waals surface area contributed by atoms with E-state index in [1.807, 2.05) is 24.3 Å². The normalized spacial score (nSPS) is 11.1. The fourth-order valence-electron chi connectivity index (χ4n) is 4.35. The molecule has 0 aliphatic rings. The number of carbonyl (C=O) groups is 2. The quantitative estimate of drug-likeness (QED) is 0.0735. The van der Waals surface area contributed by atoms with Gasteiger partial charge in [-0.3, -0.25) is 4.79 Å². The first-order chi connectivity index (χ1) is 20.3. The van der Waals surface area contributed by atoms with Crippen LogP contribution >= 0.6 is 43.5 Å². The van der Waals surface area contributed by atoms with Crippen LogP contribution in [-0.2, 0) is 0 Å². The van der Waals surface area contributed by atoms with Crippen LogP contribution in [0.2, 0.25) is 5.02 Å². The first-order valence-corrected chi connectivity index (χ1v) is 14.4. The van der Waals surface area contributed by atoms with E-state index >= 15 is 0 Å². The van der Waals surface area contributed by atoms with Crippen LogP contribution in [-0.4, -0.2) is 37.3 Å². The van der Waals surface area contributed by atoms with Gasteiger partial charge in [-0.15, -0.1) is 0 Å². The Labute approximate surface area is 262 Å². The second-order valence-corrected chi connectivity index (χ2v) is 11.0. The summed E-state index contributed by atoms with van der Waals surface area (Å²) < 4.78 is 17.8. The molecule has 42 heavy (non-hydrogen) atoms. The van der Waals surface area contributed by atoms with E-state index < -0.39 is 11.9 Å². The zero-order valence-corrected chi connectivity index (χ0v) is 26.1. The van der Waals surface area contributed by atoms with E-state index in [0.717, 1.165) is 14.3 Å². The van der Waals surface area contributed by atoms with Gasteiger partial charge in [0, 0.05) is 36.0 Å². The second-order valence-electron chi connectivity index (χ2n) is 8.86. The van der Waals surface area contributed by atoms with Crippen LogP contribution in [0.4, 0.5) is 0 Å². The Morgan fingerprint density at radius 2 is 1.71 bits per heavy atom. The number of hydrogen-bond donors (Lipinski definition) is 2. The van der Waals surface area contributed by atoms with Gasteiger partial charge in [0.1, 0.15) is 22.9 Å². The lowest BCUT2D eigenvalue weighted by atomic mass is 10.0. The van der Waals surface area contributed by atoms with Crippen LogP contribution in [0, 0.1) is 0 Å². The van der Waals surface area contributed by atoms with E-state index in [0.29, 0.717) is 44.3 Å². The number of carbonyl (C=O) groups excluding carboxylic acids is 2. The van der Waals surface area contributed by atoms with E-state index in [-0.39, 0.29) is 11.4 Å². The summed E-state index contributed by atoms with van der Waals surface area (Å²) in [5.74, 6) is 0.247. The second kappa shape index (κ2) is 12.8. The summed E-state index contributed by atoms with van der Waals surface area (Å²) in [6.07, 6.45) is 1.39. The fraction of sp³-hybridized carbons (Fsp3) is 0.0645. The highest BCUT2D eigenvalue weighted by Gasteiger charge is 2.24. The first-order valence-electron chi connectivity index (χ1n) is 12.4. The third kappa shape index (κ3) is 6.06. The minimum Gasteiger partial charge on any atom is -0.497 e. The van der Waals surface area contributed by atoms with Gasteiger partial charge >= 0.3 is 5.97 Å². The van der Waals surface area contributed by atoms with Crippen molar-refractivity contribution >= 4 is 72.5 Å². The van der Waals surface area contributed by atoms with Gasteiger partial charge in [-0.25, -0.2) is 10.2 Å². The molecule has 1 heterocycles. The maximum absolute atomic E-state index is 13.5. The van der Waals surface area contributed by atoms with Crippen molar-refractivity contribution in [3.8, 4) is 28.4 Å². The van der Waals surface area contributed by atoms with Crippen molar-refractivity contribution in [1.29, 1.82) is 0 Å². The van der Waals surface area contributed by atoms with E-state index in [2.05, 4.69) is 47.4 Å². The monoisotopic (exact) mass is 709 g/mol. The zero-order chi connectivity index (χ0) is 29.8. The number of rotatable bonds is 8. The number of esters is 1. The lowest BCUT2D eigenvalue weighted by molar-refractivity contribution is 0.0733. The maximum atomic E-state index is 13.5. The molecule has 2 N–H and O–H groups in total. The summed E-state index contributed by atoms with van der Waals surface area (Å²) in [5, 5.41) is 5.37. The minimum atomic E-state index is -0.572. The number of H-pyrrole nitrogens is 1. The summed E-state index contributed by atoms with van der Waals surface area (Å²) in [6.45, 7) is 0. The molecule has 0 unspecified atom stereocenters. The molecule has 1 amide bonds. The van der Waals surface area contributed by atoms with E-state index in [9.17, 15) is 9.59 Å². The molecule has 0 fully saturated rings. The van der Waals surface area contributed by atoms with Crippen molar-refractivity contribution in [2.75, 3.05) is 14.2 Å². The summed E-state index contributed by atoms with van der Waals surface area (Å²) in [6, 6.07) is 22.6. The summed E-state index contributed by atoms with van der Waals surface area (Å²) in [5.41, 5.74) is 5.44. The van der Waals surface area contributed by atoms with Gasteiger partial charge < -0.3 is 19.2 Å². The maximum Gasteiger partial charge on any atom is 0.343 e. The number of nitrogens with zero attached hydrogens (tertiary/aromatic N) is 1. The predicted molar refractivity (Wildman–Crippen MR) is 170 cm³/mol. The molecule has 0 aliphatic carbocycles. The lowest BCUT2D eigenvalue weighted by Gasteiger charge is -2.09. The third-order valence-corrected chi connectivity index (χ3v) is 7.79. The topological polar surface area (TPSA) is 102 Å². The molecule has 0 aliphatic heterocycles. The number of aromatic nitrogens is 1. The highest BCUT2D eigenvalue weighted by atomic mass is 79.9. The Kier molecular flexibility index (Phi) is 8.96. The highest BCUT2D eigenvalue weighted by molar-refractivity contribution is 9.11. The number of methoxy groups -OCH3 is 2. The van der Waals surface area contributed by atoms with Gasteiger partial charge in [0.2, 0.25) is 0 Å². The summed E-state index contributed by atoms with van der Waals surface area (Å²) in [7, 11) is 3.07. The number of halogens is 3. The Morgan fingerprint density at radius 3 is 2.48 bits per heavy atom. The molecule has 0 saturated carbocycles. The average molecular weight is 712 g/mol. The van der Waals surface area contributed by atoms with Crippen molar-refractivity contribution in [1.82, 2.24) is 10.4 Å². The highest BCUT2D eigenvalue weighted by Crippen LogP contribution is 2.43.